The van der Waals surface area contributed by atoms with Gasteiger partial charge in [0.05, 0.1) is 32.1 Å². The Morgan fingerprint density at radius 3 is 2.36 bits per heavy atom. The van der Waals surface area contributed by atoms with Crippen LogP contribution in [-0.4, -0.2) is 33.3 Å². The lowest BCUT2D eigenvalue weighted by atomic mass is 10.1. The molecule has 5 aromatic carbocycles. The molecule has 0 saturated heterocycles. The van der Waals surface area contributed by atoms with Crippen LogP contribution in [0.2, 0.25) is 0 Å². The second kappa shape index (κ2) is 12.1. The van der Waals surface area contributed by atoms with Crippen LogP contribution in [0.5, 0.6) is 11.5 Å². The number of methoxy groups -OCH3 is 2. The predicted octanol–water partition coefficient (Wildman–Crippen LogP) is 8.50. The number of ether oxygens (including phenoxy) is 3. The molecule has 1 aromatic heterocycles. The van der Waals surface area contributed by atoms with Crippen LogP contribution >= 0.6 is 0 Å². The van der Waals surface area contributed by atoms with Gasteiger partial charge in [0.2, 0.25) is 0 Å². The van der Waals surface area contributed by atoms with E-state index in [4.69, 9.17) is 18.6 Å². The van der Waals surface area contributed by atoms with Crippen LogP contribution in [0.3, 0.4) is 0 Å². The Hall–Kier alpha value is -5.23. The summed E-state index contributed by atoms with van der Waals surface area (Å²) in [7, 11) is 3.05. The average molecular weight is 558 g/mol. The van der Waals surface area contributed by atoms with Crippen LogP contribution in [0.15, 0.2) is 113 Å². The Labute approximate surface area is 244 Å². The zero-order valence-corrected chi connectivity index (χ0v) is 23.6. The van der Waals surface area contributed by atoms with Crippen LogP contribution in [0, 0.1) is 0 Å². The van der Waals surface area contributed by atoms with Crippen LogP contribution < -0.4 is 14.8 Å². The summed E-state index contributed by atoms with van der Waals surface area (Å²) >= 11 is 0. The highest BCUT2D eigenvalue weighted by atomic mass is 16.5. The van der Waals surface area contributed by atoms with Crippen molar-refractivity contribution in [2.75, 3.05) is 32.7 Å². The summed E-state index contributed by atoms with van der Waals surface area (Å²) in [5, 5.41) is 7.86. The molecule has 0 bridgehead atoms. The summed E-state index contributed by atoms with van der Waals surface area (Å²) in [5.41, 5.74) is 5.08. The number of esters is 1. The summed E-state index contributed by atoms with van der Waals surface area (Å²) in [6, 6.07) is 33.7. The van der Waals surface area contributed by atoms with Gasteiger partial charge in [-0.25, -0.2) is 4.79 Å². The summed E-state index contributed by atoms with van der Waals surface area (Å²) in [4.78, 5) is 11.9. The van der Waals surface area contributed by atoms with Gasteiger partial charge in [-0.2, -0.15) is 0 Å². The Bertz CT molecular complexity index is 1900. The lowest BCUT2D eigenvalue weighted by Gasteiger charge is -2.15. The first-order valence-corrected chi connectivity index (χ1v) is 13.8. The van der Waals surface area contributed by atoms with E-state index in [9.17, 15) is 4.79 Å². The molecular weight excluding hydrogens is 526 g/mol. The molecule has 0 spiro atoms. The molecule has 0 amide bonds. The van der Waals surface area contributed by atoms with Crippen molar-refractivity contribution < 1.29 is 23.4 Å². The second-order valence-electron chi connectivity index (χ2n) is 9.99. The van der Waals surface area contributed by atoms with E-state index in [-0.39, 0.29) is 5.97 Å². The first kappa shape index (κ1) is 27.0. The number of hydrogen-bond donors (Lipinski definition) is 1. The van der Waals surface area contributed by atoms with E-state index in [0.29, 0.717) is 25.1 Å². The topological polar surface area (TPSA) is 69.9 Å². The van der Waals surface area contributed by atoms with Gasteiger partial charge in [-0.05, 0) is 46.9 Å². The van der Waals surface area contributed by atoms with E-state index in [2.05, 4.69) is 35.7 Å². The third-order valence-electron chi connectivity index (χ3n) is 7.34. The summed E-state index contributed by atoms with van der Waals surface area (Å²) < 4.78 is 23.0. The van der Waals surface area contributed by atoms with Crippen molar-refractivity contribution >= 4 is 50.4 Å². The summed E-state index contributed by atoms with van der Waals surface area (Å²) in [6.07, 6.45) is 2.80. The highest BCUT2D eigenvalue weighted by Gasteiger charge is 2.13. The molecule has 210 valence electrons. The molecule has 1 N–H and O–H groups in total. The van der Waals surface area contributed by atoms with E-state index >= 15 is 0 Å². The van der Waals surface area contributed by atoms with Gasteiger partial charge >= 0.3 is 5.97 Å². The van der Waals surface area contributed by atoms with E-state index in [1.807, 2.05) is 66.7 Å². The first-order chi connectivity index (χ1) is 20.6. The SMILES string of the molecule is COC(=O)c1ccc(/C=C(\CCOc2cccc3ccccc23)CNc2cc3oc4ccccc4c3cc2OC)cc1. The Morgan fingerprint density at radius 2 is 1.55 bits per heavy atom. The maximum absolute atomic E-state index is 11.9. The largest absolute Gasteiger partial charge is 0.495 e. The van der Waals surface area contributed by atoms with Crippen molar-refractivity contribution in [2.45, 2.75) is 6.42 Å². The minimum atomic E-state index is -0.357. The average Bonchev–Trinajstić information content (AvgIpc) is 3.40. The molecule has 0 unspecified atom stereocenters. The second-order valence-corrected chi connectivity index (χ2v) is 9.99. The lowest BCUT2D eigenvalue weighted by Crippen LogP contribution is -2.09. The number of hydrogen-bond acceptors (Lipinski definition) is 6. The number of carbonyl (C=O) groups excluding carboxylic acids is 1. The number of nitrogens with one attached hydrogen (secondary N) is 1. The van der Waals surface area contributed by atoms with Gasteiger partial charge in [0, 0.05) is 35.2 Å². The number of carbonyl (C=O) groups is 1. The number of furan rings is 1. The van der Waals surface area contributed by atoms with Crippen molar-refractivity contribution in [1.82, 2.24) is 0 Å². The molecule has 0 aliphatic carbocycles. The predicted molar refractivity (Wildman–Crippen MR) is 169 cm³/mol. The molecule has 0 atom stereocenters. The number of para-hydroxylation sites is 1. The van der Waals surface area contributed by atoms with Gasteiger partial charge in [-0.15, -0.1) is 0 Å². The highest BCUT2D eigenvalue weighted by Crippen LogP contribution is 2.36. The molecule has 1 heterocycles. The van der Waals surface area contributed by atoms with Gasteiger partial charge in [0.1, 0.15) is 22.7 Å². The fourth-order valence-corrected chi connectivity index (χ4v) is 5.16. The van der Waals surface area contributed by atoms with Crippen molar-refractivity contribution in [2.24, 2.45) is 0 Å². The number of fused-ring (bicyclic) bond motifs is 4. The Balaban J connectivity index is 1.25. The Morgan fingerprint density at radius 1 is 0.786 bits per heavy atom. The van der Waals surface area contributed by atoms with E-state index < -0.39 is 0 Å². The smallest absolute Gasteiger partial charge is 0.337 e. The van der Waals surface area contributed by atoms with E-state index in [1.165, 1.54) is 7.11 Å². The quantitative estimate of drug-likeness (QED) is 0.170. The van der Waals surface area contributed by atoms with E-state index in [1.54, 1.807) is 19.2 Å². The van der Waals surface area contributed by atoms with Crippen LogP contribution in [-0.2, 0) is 4.74 Å². The maximum Gasteiger partial charge on any atom is 0.337 e. The number of anilines is 1. The zero-order chi connectivity index (χ0) is 28.9. The minimum Gasteiger partial charge on any atom is -0.495 e. The van der Waals surface area contributed by atoms with Crippen molar-refractivity contribution in [3.05, 3.63) is 120 Å². The number of benzene rings is 5. The van der Waals surface area contributed by atoms with Gasteiger partial charge in [0.15, 0.2) is 0 Å². The lowest BCUT2D eigenvalue weighted by molar-refractivity contribution is 0.0600. The molecule has 0 aliphatic rings. The highest BCUT2D eigenvalue weighted by molar-refractivity contribution is 6.06. The summed E-state index contributed by atoms with van der Waals surface area (Å²) in [6.45, 7) is 1.06. The molecule has 42 heavy (non-hydrogen) atoms. The standard InChI is InChI=1S/C36H31NO5/c1-39-35-21-30-29-11-5-6-12-33(29)42-34(30)22-31(35)37-23-25(20-24-14-16-27(17-15-24)36(38)40-2)18-19-41-32-13-7-9-26-8-3-4-10-28(26)32/h3-17,20-22,37H,18-19,23H2,1-2H3/b25-20+. The summed E-state index contributed by atoms with van der Waals surface area (Å²) in [5.74, 6) is 1.24. The molecule has 6 heteroatoms. The third-order valence-corrected chi connectivity index (χ3v) is 7.34. The molecular formula is C36H31NO5. The molecule has 0 radical (unpaired) electrons. The molecule has 0 aliphatic heterocycles. The van der Waals surface area contributed by atoms with Gasteiger partial charge in [-0.1, -0.05) is 72.8 Å². The van der Waals surface area contributed by atoms with Gasteiger partial charge in [0.25, 0.3) is 0 Å². The Kier molecular flexibility index (Phi) is 7.77. The molecule has 6 aromatic rings. The van der Waals surface area contributed by atoms with Crippen molar-refractivity contribution in [3.8, 4) is 11.5 Å². The fraction of sp³-hybridized carbons (Fsp3) is 0.139. The monoisotopic (exact) mass is 557 g/mol. The normalized spacial score (nSPS) is 11.6. The van der Waals surface area contributed by atoms with E-state index in [0.717, 1.165) is 61.0 Å². The fourth-order valence-electron chi connectivity index (χ4n) is 5.16. The van der Waals surface area contributed by atoms with Crippen molar-refractivity contribution in [3.63, 3.8) is 0 Å². The molecule has 6 rings (SSSR count). The van der Waals surface area contributed by atoms with Gasteiger partial charge in [-0.3, -0.25) is 0 Å². The first-order valence-electron chi connectivity index (χ1n) is 13.8. The van der Waals surface area contributed by atoms with Crippen LogP contribution in [0.4, 0.5) is 5.69 Å². The van der Waals surface area contributed by atoms with Crippen LogP contribution in [0.25, 0.3) is 38.8 Å². The molecule has 0 saturated carbocycles. The molecule has 0 fully saturated rings. The minimum absolute atomic E-state index is 0.357. The van der Waals surface area contributed by atoms with Crippen molar-refractivity contribution in [1.29, 1.82) is 0 Å². The van der Waals surface area contributed by atoms with Crippen LogP contribution in [0.1, 0.15) is 22.3 Å². The zero-order valence-electron chi connectivity index (χ0n) is 23.6. The van der Waals surface area contributed by atoms with Gasteiger partial charge < -0.3 is 23.9 Å². The maximum atomic E-state index is 11.9. The number of rotatable bonds is 10. The third kappa shape index (κ3) is 5.65. The molecule has 6 nitrogen and oxygen atoms in total.